The Labute approximate surface area is 67.1 Å². The Morgan fingerprint density at radius 3 is 2.82 bits per heavy atom. The molecule has 3 heteroatoms. The van der Waals surface area contributed by atoms with Crippen LogP contribution in [0.4, 0.5) is 0 Å². The molecule has 0 aliphatic carbocycles. The van der Waals surface area contributed by atoms with Gasteiger partial charge in [0, 0.05) is 7.05 Å². The average molecular weight is 157 g/mol. The molecular weight excluding hydrogens is 142 g/mol. The zero-order chi connectivity index (χ0) is 8.69. The summed E-state index contributed by atoms with van der Waals surface area (Å²) < 4.78 is 0. The van der Waals surface area contributed by atoms with Crippen LogP contribution in [0.2, 0.25) is 0 Å². The number of carbonyl (C=O) groups is 1. The van der Waals surface area contributed by atoms with Gasteiger partial charge in [0.15, 0.2) is 0 Å². The van der Waals surface area contributed by atoms with Gasteiger partial charge < -0.3 is 10.4 Å². The highest BCUT2D eigenvalue weighted by Gasteiger charge is 2.08. The van der Waals surface area contributed by atoms with Crippen molar-refractivity contribution in [1.82, 2.24) is 5.32 Å². The number of carboxylic acids is 1. The van der Waals surface area contributed by atoms with Crippen LogP contribution in [0.1, 0.15) is 19.8 Å². The Morgan fingerprint density at radius 2 is 2.36 bits per heavy atom. The zero-order valence-electron chi connectivity index (χ0n) is 7.00. The maximum atomic E-state index is 10.3. The van der Waals surface area contributed by atoms with E-state index in [-0.39, 0.29) is 5.92 Å². The van der Waals surface area contributed by atoms with Crippen LogP contribution in [0.15, 0.2) is 12.3 Å². The van der Waals surface area contributed by atoms with Gasteiger partial charge >= 0.3 is 5.97 Å². The number of hydrogen-bond donors (Lipinski definition) is 2. The molecule has 0 aromatic carbocycles. The monoisotopic (exact) mass is 157 g/mol. The van der Waals surface area contributed by atoms with Crippen LogP contribution in [0, 0.1) is 5.92 Å². The fourth-order valence-electron chi connectivity index (χ4n) is 0.671. The van der Waals surface area contributed by atoms with Crippen LogP contribution in [0.5, 0.6) is 0 Å². The van der Waals surface area contributed by atoms with Crippen LogP contribution in [-0.4, -0.2) is 18.1 Å². The van der Waals surface area contributed by atoms with E-state index in [1.165, 1.54) is 0 Å². The Morgan fingerprint density at radius 1 is 1.73 bits per heavy atom. The summed E-state index contributed by atoms with van der Waals surface area (Å²) in [6, 6.07) is 0. The fourth-order valence-corrected chi connectivity index (χ4v) is 0.671. The molecule has 0 aliphatic heterocycles. The number of carboxylic acid groups (broad SMARTS) is 1. The number of rotatable bonds is 5. The lowest BCUT2D eigenvalue weighted by atomic mass is 10.1. The molecule has 0 saturated carbocycles. The lowest BCUT2D eigenvalue weighted by molar-refractivity contribution is -0.141. The highest BCUT2D eigenvalue weighted by Crippen LogP contribution is 2.05. The van der Waals surface area contributed by atoms with E-state index in [2.05, 4.69) is 5.32 Å². The predicted octanol–water partition coefficient (Wildman–Crippen LogP) is 1.22. The highest BCUT2D eigenvalue weighted by atomic mass is 16.4. The van der Waals surface area contributed by atoms with Gasteiger partial charge in [0.25, 0.3) is 0 Å². The lowest BCUT2D eigenvalue weighted by Crippen LogP contribution is -2.08. The first kappa shape index (κ1) is 10.0. The summed E-state index contributed by atoms with van der Waals surface area (Å²) in [4.78, 5) is 10.3. The largest absolute Gasteiger partial charge is 0.481 e. The van der Waals surface area contributed by atoms with E-state index in [0.29, 0.717) is 6.42 Å². The number of hydrogen-bond acceptors (Lipinski definition) is 2. The second-order valence-electron chi connectivity index (χ2n) is 2.51. The average Bonchev–Trinajstić information content (AvgIpc) is 1.97. The summed E-state index contributed by atoms with van der Waals surface area (Å²) >= 11 is 0. The molecule has 0 rings (SSSR count). The van der Waals surface area contributed by atoms with E-state index in [1.54, 1.807) is 6.92 Å². The van der Waals surface area contributed by atoms with Crippen molar-refractivity contribution in [2.45, 2.75) is 19.8 Å². The molecule has 64 valence electrons. The molecule has 3 nitrogen and oxygen atoms in total. The first-order chi connectivity index (χ1) is 5.18. The van der Waals surface area contributed by atoms with Crippen molar-refractivity contribution in [1.29, 1.82) is 0 Å². The molecular formula is C8H15NO2. The van der Waals surface area contributed by atoms with Crippen molar-refractivity contribution in [2.24, 2.45) is 5.92 Å². The highest BCUT2D eigenvalue weighted by molar-refractivity contribution is 5.69. The maximum absolute atomic E-state index is 10.3. The summed E-state index contributed by atoms with van der Waals surface area (Å²) in [5.74, 6) is -0.959. The van der Waals surface area contributed by atoms with Crippen molar-refractivity contribution >= 4 is 5.97 Å². The minimum absolute atomic E-state index is 0.239. The smallest absolute Gasteiger partial charge is 0.306 e. The standard InChI is InChI=1S/C8H15NO2/c1-7(8(10)11)5-3-4-6-9-2/h4,6-7,9H,3,5H2,1-2H3,(H,10,11). The summed E-state index contributed by atoms with van der Waals surface area (Å²) in [6.45, 7) is 1.72. The topological polar surface area (TPSA) is 49.3 Å². The Balaban J connectivity index is 3.38. The molecule has 1 atom stereocenters. The van der Waals surface area contributed by atoms with Gasteiger partial charge in [-0.1, -0.05) is 13.0 Å². The minimum atomic E-state index is -0.720. The van der Waals surface area contributed by atoms with E-state index >= 15 is 0 Å². The van der Waals surface area contributed by atoms with Crippen molar-refractivity contribution < 1.29 is 9.90 Å². The van der Waals surface area contributed by atoms with E-state index in [9.17, 15) is 4.79 Å². The van der Waals surface area contributed by atoms with Gasteiger partial charge in [-0.2, -0.15) is 0 Å². The molecule has 0 fully saturated rings. The molecule has 0 aromatic heterocycles. The number of nitrogens with one attached hydrogen (secondary N) is 1. The molecule has 0 amide bonds. The van der Waals surface area contributed by atoms with Gasteiger partial charge in [-0.05, 0) is 19.0 Å². The molecule has 2 N–H and O–H groups in total. The molecule has 0 aromatic rings. The first-order valence-corrected chi connectivity index (χ1v) is 3.73. The van der Waals surface area contributed by atoms with Crippen LogP contribution in [0.3, 0.4) is 0 Å². The predicted molar refractivity (Wildman–Crippen MR) is 44.2 cm³/mol. The van der Waals surface area contributed by atoms with Crippen LogP contribution in [0.25, 0.3) is 0 Å². The second kappa shape index (κ2) is 5.77. The molecule has 1 unspecified atom stereocenters. The molecule has 0 bridgehead atoms. The first-order valence-electron chi connectivity index (χ1n) is 3.73. The molecule has 11 heavy (non-hydrogen) atoms. The Hall–Kier alpha value is -0.990. The van der Waals surface area contributed by atoms with Gasteiger partial charge in [-0.3, -0.25) is 4.79 Å². The third-order valence-electron chi connectivity index (χ3n) is 1.47. The summed E-state index contributed by atoms with van der Waals surface area (Å²) in [6.07, 6.45) is 5.26. The van der Waals surface area contributed by atoms with E-state index in [1.807, 2.05) is 19.3 Å². The Kier molecular flexibility index (Phi) is 5.25. The summed E-state index contributed by atoms with van der Waals surface area (Å²) in [5.41, 5.74) is 0. The van der Waals surface area contributed by atoms with Gasteiger partial charge in [0.05, 0.1) is 5.92 Å². The van der Waals surface area contributed by atoms with Crippen LogP contribution >= 0.6 is 0 Å². The molecule has 0 saturated heterocycles. The van der Waals surface area contributed by atoms with Gasteiger partial charge in [0.2, 0.25) is 0 Å². The number of aliphatic carboxylic acids is 1. The molecule has 0 spiro atoms. The second-order valence-corrected chi connectivity index (χ2v) is 2.51. The van der Waals surface area contributed by atoms with Crippen molar-refractivity contribution in [3.63, 3.8) is 0 Å². The SMILES string of the molecule is CNC=CCCC(C)C(=O)O. The van der Waals surface area contributed by atoms with E-state index < -0.39 is 5.97 Å². The zero-order valence-corrected chi connectivity index (χ0v) is 7.00. The quantitative estimate of drug-likeness (QED) is 0.631. The van der Waals surface area contributed by atoms with Gasteiger partial charge in [-0.25, -0.2) is 0 Å². The molecule has 0 heterocycles. The fraction of sp³-hybridized carbons (Fsp3) is 0.625. The van der Waals surface area contributed by atoms with Gasteiger partial charge in [-0.15, -0.1) is 0 Å². The lowest BCUT2D eigenvalue weighted by Gasteiger charge is -2.01. The van der Waals surface area contributed by atoms with E-state index in [0.717, 1.165) is 6.42 Å². The summed E-state index contributed by atoms with van der Waals surface area (Å²) in [5, 5.41) is 11.3. The summed E-state index contributed by atoms with van der Waals surface area (Å²) in [7, 11) is 1.82. The van der Waals surface area contributed by atoms with Crippen LogP contribution in [-0.2, 0) is 4.79 Å². The minimum Gasteiger partial charge on any atom is -0.481 e. The third-order valence-corrected chi connectivity index (χ3v) is 1.47. The molecule has 0 radical (unpaired) electrons. The van der Waals surface area contributed by atoms with Gasteiger partial charge in [0.1, 0.15) is 0 Å². The third kappa shape index (κ3) is 5.45. The van der Waals surface area contributed by atoms with E-state index in [4.69, 9.17) is 5.11 Å². The van der Waals surface area contributed by atoms with Crippen molar-refractivity contribution in [2.75, 3.05) is 7.05 Å². The normalized spacial score (nSPS) is 13.3. The molecule has 0 aliphatic rings. The maximum Gasteiger partial charge on any atom is 0.306 e. The van der Waals surface area contributed by atoms with Crippen molar-refractivity contribution in [3.05, 3.63) is 12.3 Å². The number of allylic oxidation sites excluding steroid dienone is 1. The van der Waals surface area contributed by atoms with Crippen LogP contribution < -0.4 is 5.32 Å². The Bertz CT molecular complexity index is 143. The van der Waals surface area contributed by atoms with Crippen molar-refractivity contribution in [3.8, 4) is 0 Å².